The maximum atomic E-state index is 13.9. The Morgan fingerprint density at radius 3 is 2.45 bits per heavy atom. The first-order chi connectivity index (χ1) is 18.3. The summed E-state index contributed by atoms with van der Waals surface area (Å²) in [7, 11) is 3.01. The van der Waals surface area contributed by atoms with Crippen LogP contribution in [0.15, 0.2) is 47.4 Å². The Morgan fingerprint density at radius 1 is 1.23 bits per heavy atom. The lowest BCUT2D eigenvalue weighted by Crippen LogP contribution is -2.65. The third kappa shape index (κ3) is 3.69. The Balaban J connectivity index is 0.00000370. The number of carbonyl (C=O) groups is 3. The number of rotatable bonds is 4. The maximum absolute atomic E-state index is 13.9. The molecule has 1 amide bonds. The molecule has 3 aliphatic carbocycles. The highest BCUT2D eigenvalue weighted by atomic mass is 16.6. The summed E-state index contributed by atoms with van der Waals surface area (Å²) in [5.74, 6) is -8.37. The summed E-state index contributed by atoms with van der Waals surface area (Å²) in [6.07, 6.45) is 1.34. The minimum absolute atomic E-state index is 0. The number of phenolic OH excluding ortho intramolecular Hbond substituents is 1. The molecule has 1 fully saturated rings. The second-order valence-electron chi connectivity index (χ2n) is 10.1. The number of aromatic hydroxyl groups is 1. The van der Waals surface area contributed by atoms with Crippen molar-refractivity contribution >= 4 is 28.9 Å². The molecule has 1 saturated carbocycles. The molecule has 4 atom stereocenters. The number of pyridine rings is 1. The molecule has 0 unspecified atom stereocenters. The van der Waals surface area contributed by atoms with Crippen molar-refractivity contribution in [1.82, 2.24) is 9.88 Å². The number of aliphatic hydroxyl groups is 3. The molecule has 1 aromatic heterocycles. The summed E-state index contributed by atoms with van der Waals surface area (Å²) in [5, 5.41) is 56.5. The molecular formula is C27H28N4O9. The van der Waals surface area contributed by atoms with E-state index in [1.54, 1.807) is 18.2 Å². The number of nitro benzene ring substituents is 1. The maximum Gasteiger partial charge on any atom is 0.312 e. The molecule has 13 nitrogen and oxygen atoms in total. The first-order valence-corrected chi connectivity index (χ1v) is 11.9. The fourth-order valence-corrected chi connectivity index (χ4v) is 6.19. The first-order valence-electron chi connectivity index (χ1n) is 11.9. The van der Waals surface area contributed by atoms with Gasteiger partial charge in [-0.15, -0.1) is 0 Å². The van der Waals surface area contributed by atoms with Crippen molar-refractivity contribution in [2.24, 2.45) is 17.6 Å². The molecule has 0 aliphatic heterocycles. The number of ketones is 2. The number of benzene rings is 1. The molecule has 2 aromatic rings. The predicted molar refractivity (Wildman–Crippen MR) is 141 cm³/mol. The second-order valence-corrected chi connectivity index (χ2v) is 10.1. The Bertz CT molecular complexity index is 1550. The van der Waals surface area contributed by atoms with Crippen LogP contribution >= 0.6 is 0 Å². The van der Waals surface area contributed by atoms with Crippen molar-refractivity contribution < 1.29 is 39.7 Å². The highest BCUT2D eigenvalue weighted by Crippen LogP contribution is 2.54. The van der Waals surface area contributed by atoms with E-state index in [1.807, 2.05) is 0 Å². The zero-order valence-corrected chi connectivity index (χ0v) is 20.8. The number of aromatic nitrogens is 1. The number of nitrogens with zero attached hydrogens (tertiary/aromatic N) is 3. The van der Waals surface area contributed by atoms with Crippen molar-refractivity contribution in [3.05, 3.63) is 68.6 Å². The summed E-state index contributed by atoms with van der Waals surface area (Å²) in [6.45, 7) is 0. The van der Waals surface area contributed by atoms with E-state index < -0.39 is 80.0 Å². The zero-order chi connectivity index (χ0) is 28.5. The largest absolute Gasteiger partial charge is 0.508 e. The Kier molecular flexibility index (Phi) is 6.77. The van der Waals surface area contributed by atoms with Gasteiger partial charge >= 0.3 is 5.69 Å². The molecule has 0 spiro atoms. The van der Waals surface area contributed by atoms with Gasteiger partial charge in [0.05, 0.1) is 22.2 Å². The number of likely N-dealkylation sites (N-methyl/N-ethyl adjacent to an activating group) is 1. The fourth-order valence-electron chi connectivity index (χ4n) is 6.19. The summed E-state index contributed by atoms with van der Waals surface area (Å²) >= 11 is 0. The number of hydrogen-bond donors (Lipinski definition) is 5. The van der Waals surface area contributed by atoms with Crippen LogP contribution in [0.1, 0.15) is 25.0 Å². The smallest absolute Gasteiger partial charge is 0.312 e. The van der Waals surface area contributed by atoms with Gasteiger partial charge in [-0.05, 0) is 50.6 Å². The Labute approximate surface area is 228 Å². The number of Topliss-reactive ketones (excluding diaryl/α,β-unsaturated/α-hetero) is 2. The van der Waals surface area contributed by atoms with Gasteiger partial charge in [0.25, 0.3) is 5.91 Å². The summed E-state index contributed by atoms with van der Waals surface area (Å²) < 4.78 is 0. The number of aliphatic hydroxyl groups excluding tert-OH is 2. The molecule has 1 heterocycles. The summed E-state index contributed by atoms with van der Waals surface area (Å²) in [5.41, 5.74) is 0.919. The van der Waals surface area contributed by atoms with E-state index in [1.165, 1.54) is 25.2 Å². The van der Waals surface area contributed by atoms with Gasteiger partial charge in [0.1, 0.15) is 17.1 Å². The summed E-state index contributed by atoms with van der Waals surface area (Å²) in [6, 6.07) is 4.80. The minimum Gasteiger partial charge on any atom is -0.508 e. The molecule has 0 bridgehead atoms. The molecule has 40 heavy (non-hydrogen) atoms. The number of hydrogen-bond acceptors (Lipinski definition) is 11. The average molecular weight is 553 g/mol. The van der Waals surface area contributed by atoms with E-state index in [0.717, 1.165) is 6.07 Å². The van der Waals surface area contributed by atoms with Gasteiger partial charge in [-0.25, -0.2) is 0 Å². The van der Waals surface area contributed by atoms with Crippen LogP contribution < -0.4 is 5.73 Å². The third-order valence-corrected chi connectivity index (χ3v) is 7.84. The zero-order valence-electron chi connectivity index (χ0n) is 20.8. The third-order valence-electron chi connectivity index (χ3n) is 7.84. The van der Waals surface area contributed by atoms with Crippen molar-refractivity contribution in [2.75, 3.05) is 14.1 Å². The van der Waals surface area contributed by atoms with Gasteiger partial charge in [-0.1, -0.05) is 13.5 Å². The molecule has 0 radical (unpaired) electrons. The van der Waals surface area contributed by atoms with E-state index in [0.29, 0.717) is 5.69 Å². The monoisotopic (exact) mass is 552 g/mol. The van der Waals surface area contributed by atoms with Crippen molar-refractivity contribution in [2.45, 2.75) is 31.9 Å². The lowest BCUT2D eigenvalue weighted by Gasteiger charge is -2.50. The predicted octanol–water partition coefficient (Wildman–Crippen LogP) is 1.57. The van der Waals surface area contributed by atoms with Crippen LogP contribution in [-0.2, 0) is 20.8 Å². The van der Waals surface area contributed by atoms with Gasteiger partial charge in [0.2, 0.25) is 11.5 Å². The number of nitrogens with two attached hydrogens (primary N) is 1. The van der Waals surface area contributed by atoms with E-state index >= 15 is 0 Å². The molecule has 3 aliphatic rings. The van der Waals surface area contributed by atoms with Crippen LogP contribution in [-0.4, -0.2) is 78.4 Å². The van der Waals surface area contributed by atoms with Crippen LogP contribution in [0.5, 0.6) is 5.75 Å². The standard InChI is InChI=1S/C26H24N4O9.CH4/c1-29(2)19-13-8-10-7-12-11(14-5-3-4-6-28-14)9-15(30(38)39)20(31)17(12)21(32)16(10)23(34)26(13,37)24(35)18(22(19)33)25(27)36;/h3-6,9-10,13,19,31-32,35,37H,7-8H2,1-2H3,(H2,27,36);1H4/t10-,13-,19-,26-;/m0./s1. The number of amides is 1. The molecule has 0 saturated heterocycles. The van der Waals surface area contributed by atoms with Gasteiger partial charge in [-0.2, -0.15) is 0 Å². The quantitative estimate of drug-likeness (QED) is 0.208. The second kappa shape index (κ2) is 9.54. The Hall–Kier alpha value is -4.62. The van der Waals surface area contributed by atoms with Crippen LogP contribution in [0.25, 0.3) is 17.0 Å². The number of fused-ring (bicyclic) bond motifs is 3. The lowest BCUT2D eigenvalue weighted by molar-refractivity contribution is -0.385. The molecule has 6 N–H and O–H groups in total. The fraction of sp³-hybridized carbons (Fsp3) is 0.333. The number of phenols is 1. The van der Waals surface area contributed by atoms with Crippen LogP contribution in [0.2, 0.25) is 0 Å². The SMILES string of the molecule is C.CN(C)[C@@H]1C(=O)C(C(N)=O)=C(O)[C@@]2(O)C(=O)C3=C(O)c4c(O)c([N+](=O)[O-])cc(-c5ccccn5)c4C[C@H]3C[C@@H]12. The normalized spacial score (nSPS) is 25.6. The van der Waals surface area contributed by atoms with Gasteiger partial charge in [-0.3, -0.25) is 34.4 Å². The van der Waals surface area contributed by atoms with Gasteiger partial charge in [0, 0.05) is 29.3 Å². The molecule has 13 heteroatoms. The van der Waals surface area contributed by atoms with E-state index in [9.17, 15) is 44.9 Å². The van der Waals surface area contributed by atoms with Crippen molar-refractivity contribution in [3.63, 3.8) is 0 Å². The van der Waals surface area contributed by atoms with Gasteiger partial charge in [0.15, 0.2) is 11.4 Å². The minimum atomic E-state index is -2.80. The molecular weight excluding hydrogens is 524 g/mol. The average Bonchev–Trinajstić information content (AvgIpc) is 2.86. The van der Waals surface area contributed by atoms with Gasteiger partial charge < -0.3 is 26.2 Å². The first kappa shape index (κ1) is 28.4. The van der Waals surface area contributed by atoms with E-state index in [2.05, 4.69) is 4.98 Å². The van der Waals surface area contributed by atoms with Crippen LogP contribution in [0.3, 0.4) is 0 Å². The van der Waals surface area contributed by atoms with Crippen molar-refractivity contribution in [3.8, 4) is 17.0 Å². The topological polar surface area (TPSA) is 217 Å². The molecule has 5 rings (SSSR count). The molecule has 210 valence electrons. The highest BCUT2D eigenvalue weighted by molar-refractivity contribution is 6.24. The molecule has 1 aromatic carbocycles. The Morgan fingerprint density at radius 2 is 1.90 bits per heavy atom. The van der Waals surface area contributed by atoms with Crippen LogP contribution in [0.4, 0.5) is 5.69 Å². The highest BCUT2D eigenvalue weighted by Gasteiger charge is 2.64. The van der Waals surface area contributed by atoms with E-state index in [-0.39, 0.29) is 37.0 Å². The number of primary amides is 1. The number of nitro groups is 1. The van der Waals surface area contributed by atoms with Crippen LogP contribution in [0, 0.1) is 22.0 Å². The van der Waals surface area contributed by atoms with E-state index in [4.69, 9.17) is 5.73 Å². The van der Waals surface area contributed by atoms with Crippen molar-refractivity contribution in [1.29, 1.82) is 0 Å². The lowest BCUT2D eigenvalue weighted by atomic mass is 9.57. The summed E-state index contributed by atoms with van der Waals surface area (Å²) in [4.78, 5) is 55.7. The number of carbonyl (C=O) groups excluding carboxylic acids is 3.